The highest BCUT2D eigenvalue weighted by Gasteiger charge is 2.14. The molecule has 5 rings (SSSR count). The number of anilines is 2. The standard InChI is InChI=1S/C26H29N5O4/c1-31-17-18(15-28-31)25-16-27-23-7-6-19(13-24(23)30-25)29-20-11-21(32-2)14-22(12-20)33-9-10-35-26-5-3-4-8-34-26/h6-7,11-17,26,29H,3-5,8-10H2,1-2H3. The van der Waals surface area contributed by atoms with Crippen molar-refractivity contribution < 1.29 is 18.9 Å². The van der Waals surface area contributed by atoms with Gasteiger partial charge in [-0.3, -0.25) is 9.67 Å². The number of rotatable bonds is 9. The normalized spacial score (nSPS) is 15.8. The molecule has 4 aromatic rings. The number of hydrogen-bond acceptors (Lipinski definition) is 8. The molecule has 182 valence electrons. The molecule has 1 aliphatic heterocycles. The number of hydrogen-bond donors (Lipinski definition) is 1. The molecule has 2 aromatic carbocycles. The average Bonchev–Trinajstić information content (AvgIpc) is 3.33. The molecule has 9 heteroatoms. The number of fused-ring (bicyclic) bond motifs is 1. The van der Waals surface area contributed by atoms with Crippen LogP contribution in [0.5, 0.6) is 11.5 Å². The first-order chi connectivity index (χ1) is 17.2. The van der Waals surface area contributed by atoms with Crippen LogP contribution in [0.25, 0.3) is 22.3 Å². The third-order valence-corrected chi connectivity index (χ3v) is 5.74. The topological polar surface area (TPSA) is 92.6 Å². The van der Waals surface area contributed by atoms with Crippen molar-refractivity contribution in [1.82, 2.24) is 19.7 Å². The van der Waals surface area contributed by atoms with Crippen LogP contribution in [-0.2, 0) is 16.5 Å². The summed E-state index contributed by atoms with van der Waals surface area (Å²) in [6.07, 6.45) is 8.53. The molecule has 1 saturated heterocycles. The minimum absolute atomic E-state index is 0.121. The van der Waals surface area contributed by atoms with Gasteiger partial charge in [0.05, 0.1) is 42.8 Å². The van der Waals surface area contributed by atoms with Crippen LogP contribution in [0.15, 0.2) is 55.0 Å². The smallest absolute Gasteiger partial charge is 0.157 e. The van der Waals surface area contributed by atoms with Gasteiger partial charge in [-0.2, -0.15) is 5.10 Å². The molecule has 1 unspecified atom stereocenters. The lowest BCUT2D eigenvalue weighted by molar-refractivity contribution is -0.165. The van der Waals surface area contributed by atoms with Gasteiger partial charge in [-0.05, 0) is 37.5 Å². The lowest BCUT2D eigenvalue weighted by Gasteiger charge is -2.22. The van der Waals surface area contributed by atoms with Crippen LogP contribution in [0.2, 0.25) is 0 Å². The highest BCUT2D eigenvalue weighted by molar-refractivity contribution is 5.82. The highest BCUT2D eigenvalue weighted by Crippen LogP contribution is 2.29. The number of nitrogens with one attached hydrogen (secondary N) is 1. The summed E-state index contributed by atoms with van der Waals surface area (Å²) in [5.74, 6) is 1.39. The van der Waals surface area contributed by atoms with Gasteiger partial charge in [0.1, 0.15) is 18.1 Å². The van der Waals surface area contributed by atoms with E-state index in [9.17, 15) is 0 Å². The maximum absolute atomic E-state index is 5.92. The Kier molecular flexibility index (Phi) is 7.06. The quantitative estimate of drug-likeness (QED) is 0.348. The molecule has 0 radical (unpaired) electrons. The molecule has 0 amide bonds. The summed E-state index contributed by atoms with van der Waals surface area (Å²) in [5, 5.41) is 7.64. The molecule has 2 aromatic heterocycles. The fourth-order valence-corrected chi connectivity index (χ4v) is 3.98. The van der Waals surface area contributed by atoms with Crippen molar-refractivity contribution in [3.8, 4) is 22.8 Å². The molecule has 0 saturated carbocycles. The van der Waals surface area contributed by atoms with Crippen LogP contribution >= 0.6 is 0 Å². The van der Waals surface area contributed by atoms with E-state index in [1.165, 1.54) is 0 Å². The number of benzene rings is 2. The Bertz CT molecular complexity index is 1290. The Morgan fingerprint density at radius 2 is 1.94 bits per heavy atom. The second kappa shape index (κ2) is 10.7. The lowest BCUT2D eigenvalue weighted by atomic mass is 10.2. The van der Waals surface area contributed by atoms with Gasteiger partial charge in [-0.15, -0.1) is 0 Å². The van der Waals surface area contributed by atoms with Gasteiger partial charge in [-0.25, -0.2) is 4.98 Å². The van der Waals surface area contributed by atoms with Crippen molar-refractivity contribution in [2.24, 2.45) is 7.05 Å². The fourth-order valence-electron chi connectivity index (χ4n) is 3.98. The van der Waals surface area contributed by atoms with E-state index in [0.29, 0.717) is 24.7 Å². The number of aromatic nitrogens is 4. The Balaban J connectivity index is 1.27. The minimum atomic E-state index is -0.121. The van der Waals surface area contributed by atoms with Crippen LogP contribution in [-0.4, -0.2) is 53.0 Å². The number of ether oxygens (including phenoxy) is 4. The van der Waals surface area contributed by atoms with E-state index in [1.54, 1.807) is 24.2 Å². The zero-order chi connectivity index (χ0) is 24.0. The summed E-state index contributed by atoms with van der Waals surface area (Å²) in [6.45, 7) is 1.66. The summed E-state index contributed by atoms with van der Waals surface area (Å²) in [7, 11) is 3.52. The first-order valence-corrected chi connectivity index (χ1v) is 11.7. The summed E-state index contributed by atoms with van der Waals surface area (Å²) >= 11 is 0. The Hall–Kier alpha value is -3.69. The maximum atomic E-state index is 5.92. The van der Waals surface area contributed by atoms with Gasteiger partial charge < -0.3 is 24.3 Å². The van der Waals surface area contributed by atoms with E-state index in [4.69, 9.17) is 23.9 Å². The molecule has 1 atom stereocenters. The first-order valence-electron chi connectivity index (χ1n) is 11.7. The Labute approximate surface area is 204 Å². The zero-order valence-corrected chi connectivity index (χ0v) is 19.9. The van der Waals surface area contributed by atoms with E-state index >= 15 is 0 Å². The minimum Gasteiger partial charge on any atom is -0.497 e. The van der Waals surface area contributed by atoms with Crippen LogP contribution in [0.3, 0.4) is 0 Å². The van der Waals surface area contributed by atoms with Crippen LogP contribution in [0.4, 0.5) is 11.4 Å². The van der Waals surface area contributed by atoms with Crippen molar-refractivity contribution in [3.63, 3.8) is 0 Å². The van der Waals surface area contributed by atoms with Crippen molar-refractivity contribution in [1.29, 1.82) is 0 Å². The zero-order valence-electron chi connectivity index (χ0n) is 19.9. The number of aryl methyl sites for hydroxylation is 1. The molecular formula is C26H29N5O4. The molecule has 35 heavy (non-hydrogen) atoms. The summed E-state index contributed by atoms with van der Waals surface area (Å²) < 4.78 is 24.5. The number of nitrogens with zero attached hydrogens (tertiary/aromatic N) is 4. The number of methoxy groups -OCH3 is 1. The van der Waals surface area contributed by atoms with E-state index in [0.717, 1.165) is 59.5 Å². The summed E-state index contributed by atoms with van der Waals surface area (Å²) in [5.41, 5.74) is 5.03. The van der Waals surface area contributed by atoms with E-state index in [-0.39, 0.29) is 6.29 Å². The van der Waals surface area contributed by atoms with Gasteiger partial charge in [0.25, 0.3) is 0 Å². The second-order valence-corrected chi connectivity index (χ2v) is 8.40. The van der Waals surface area contributed by atoms with Crippen molar-refractivity contribution >= 4 is 22.4 Å². The van der Waals surface area contributed by atoms with Gasteiger partial charge in [0.2, 0.25) is 0 Å². The molecule has 1 aliphatic rings. The molecular weight excluding hydrogens is 446 g/mol. The maximum Gasteiger partial charge on any atom is 0.157 e. The summed E-state index contributed by atoms with van der Waals surface area (Å²) in [6, 6.07) is 11.6. The molecule has 9 nitrogen and oxygen atoms in total. The molecule has 0 aliphatic carbocycles. The van der Waals surface area contributed by atoms with E-state index < -0.39 is 0 Å². The van der Waals surface area contributed by atoms with Gasteiger partial charge in [-0.1, -0.05) is 0 Å². The predicted molar refractivity (Wildman–Crippen MR) is 133 cm³/mol. The van der Waals surface area contributed by atoms with Crippen LogP contribution in [0.1, 0.15) is 19.3 Å². The van der Waals surface area contributed by atoms with Gasteiger partial charge >= 0.3 is 0 Å². The SMILES string of the molecule is COc1cc(Nc2ccc3ncc(-c4cnn(C)c4)nc3c2)cc(OCCOC2CCCCO2)c1. The first kappa shape index (κ1) is 23.1. The van der Waals surface area contributed by atoms with E-state index in [2.05, 4.69) is 15.4 Å². The van der Waals surface area contributed by atoms with Gasteiger partial charge in [0.15, 0.2) is 6.29 Å². The average molecular weight is 476 g/mol. The van der Waals surface area contributed by atoms with Crippen LogP contribution in [0, 0.1) is 0 Å². The van der Waals surface area contributed by atoms with Crippen LogP contribution < -0.4 is 14.8 Å². The Morgan fingerprint density at radius 1 is 1.03 bits per heavy atom. The molecule has 0 bridgehead atoms. The largest absolute Gasteiger partial charge is 0.497 e. The third-order valence-electron chi connectivity index (χ3n) is 5.74. The predicted octanol–water partition coefficient (Wildman–Crippen LogP) is 4.70. The molecule has 3 heterocycles. The van der Waals surface area contributed by atoms with Gasteiger partial charge in [0, 0.05) is 55.0 Å². The van der Waals surface area contributed by atoms with Crippen molar-refractivity contribution in [2.75, 3.05) is 32.2 Å². The fraction of sp³-hybridized carbons (Fsp3) is 0.346. The Morgan fingerprint density at radius 3 is 2.74 bits per heavy atom. The monoisotopic (exact) mass is 475 g/mol. The highest BCUT2D eigenvalue weighted by atomic mass is 16.7. The summed E-state index contributed by atoms with van der Waals surface area (Å²) in [4.78, 5) is 9.32. The molecule has 1 fully saturated rings. The lowest BCUT2D eigenvalue weighted by Crippen LogP contribution is -2.24. The molecule has 0 spiro atoms. The van der Waals surface area contributed by atoms with Crippen molar-refractivity contribution in [2.45, 2.75) is 25.6 Å². The van der Waals surface area contributed by atoms with E-state index in [1.807, 2.05) is 49.6 Å². The van der Waals surface area contributed by atoms with Crippen molar-refractivity contribution in [3.05, 3.63) is 55.0 Å². The third kappa shape index (κ3) is 5.87. The molecule has 1 N–H and O–H groups in total. The second-order valence-electron chi connectivity index (χ2n) is 8.40.